The van der Waals surface area contributed by atoms with E-state index in [9.17, 15) is 18.0 Å². The van der Waals surface area contributed by atoms with Gasteiger partial charge < -0.3 is 15.0 Å². The Kier molecular flexibility index (Phi) is 6.25. The number of nitrogens with zero attached hydrogens (tertiary/aromatic N) is 2. The first-order valence-corrected chi connectivity index (χ1v) is 12.6. The van der Waals surface area contributed by atoms with Crippen molar-refractivity contribution >= 4 is 11.5 Å². The third-order valence-electron chi connectivity index (χ3n) is 8.91. The summed E-state index contributed by atoms with van der Waals surface area (Å²) in [5, 5.41) is 3.87. The summed E-state index contributed by atoms with van der Waals surface area (Å²) in [5.41, 5.74) is 0.117. The molecule has 0 aromatic carbocycles. The molecule has 1 saturated carbocycles. The Bertz CT molecular complexity index is 965. The van der Waals surface area contributed by atoms with Gasteiger partial charge in [-0.2, -0.15) is 13.2 Å². The van der Waals surface area contributed by atoms with Crippen LogP contribution in [0.1, 0.15) is 63.6 Å². The highest BCUT2D eigenvalue weighted by atomic mass is 19.4. The van der Waals surface area contributed by atoms with Crippen molar-refractivity contribution in [3.63, 3.8) is 0 Å². The molecule has 1 amide bonds. The van der Waals surface area contributed by atoms with Crippen LogP contribution in [0.5, 0.6) is 0 Å². The molecule has 1 N–H and O–H groups in total. The molecule has 0 radical (unpaired) electrons. The number of aromatic nitrogens is 1. The summed E-state index contributed by atoms with van der Waals surface area (Å²) >= 11 is 0. The minimum absolute atomic E-state index is 0.00839. The van der Waals surface area contributed by atoms with Crippen molar-refractivity contribution in [1.29, 1.82) is 0 Å². The molecular weight excluding hydrogens is 443 g/mol. The van der Waals surface area contributed by atoms with E-state index in [-0.39, 0.29) is 23.3 Å². The maximum Gasteiger partial charge on any atom is 0.416 e. The number of carbonyl (C=O) groups is 1. The van der Waals surface area contributed by atoms with Crippen molar-refractivity contribution in [2.24, 2.45) is 17.3 Å². The first-order chi connectivity index (χ1) is 16.2. The maximum absolute atomic E-state index is 13.6. The van der Waals surface area contributed by atoms with Gasteiger partial charge in [0.05, 0.1) is 23.3 Å². The molecule has 8 heteroatoms. The van der Waals surface area contributed by atoms with E-state index in [0.29, 0.717) is 36.7 Å². The van der Waals surface area contributed by atoms with E-state index in [4.69, 9.17) is 4.74 Å². The predicted molar refractivity (Wildman–Crippen MR) is 123 cm³/mol. The standard InChI is InChI=1S/C26H34F3N3O2/c1-3-17-15-34-11-7-21(17)31-20-4-8-25(14-20)16(2)23-12-18(6-10-32(23)24(25)33)22-13-19(5-9-30-22)26(27,28)29/h5-6,9,13,16-17,20-21,23,31H,3-4,7-8,10-12,14-15H2,1-2H3/t16?,17?,20?,21?,23?,25-/m0/s1. The molecule has 1 aromatic rings. The minimum Gasteiger partial charge on any atom is -0.381 e. The maximum atomic E-state index is 13.6. The molecule has 1 aromatic heterocycles. The van der Waals surface area contributed by atoms with Gasteiger partial charge in [0.25, 0.3) is 0 Å². The van der Waals surface area contributed by atoms with Gasteiger partial charge in [-0.15, -0.1) is 0 Å². The van der Waals surface area contributed by atoms with Crippen LogP contribution in [0.4, 0.5) is 13.2 Å². The number of fused-ring (bicyclic) bond motifs is 1. The molecule has 3 aliphatic heterocycles. The Morgan fingerprint density at radius 1 is 1.32 bits per heavy atom. The first kappa shape index (κ1) is 23.8. The normalized spacial score (nSPS) is 36.1. The molecule has 4 heterocycles. The van der Waals surface area contributed by atoms with Crippen LogP contribution < -0.4 is 5.32 Å². The van der Waals surface area contributed by atoms with Crippen LogP contribution in [0.3, 0.4) is 0 Å². The fraction of sp³-hybridized carbons (Fsp3) is 0.692. The Labute approximate surface area is 199 Å². The molecule has 34 heavy (non-hydrogen) atoms. The summed E-state index contributed by atoms with van der Waals surface area (Å²) in [6.45, 7) is 6.40. The summed E-state index contributed by atoms with van der Waals surface area (Å²) < 4.78 is 45.3. The monoisotopic (exact) mass is 477 g/mol. The number of carbonyl (C=O) groups excluding carboxylic acids is 1. The van der Waals surface area contributed by atoms with Crippen LogP contribution >= 0.6 is 0 Å². The van der Waals surface area contributed by atoms with E-state index in [2.05, 4.69) is 24.1 Å². The van der Waals surface area contributed by atoms with Crippen molar-refractivity contribution in [2.45, 2.75) is 76.7 Å². The van der Waals surface area contributed by atoms with Crippen molar-refractivity contribution in [3.05, 3.63) is 35.7 Å². The first-order valence-electron chi connectivity index (χ1n) is 12.6. The third kappa shape index (κ3) is 4.06. The molecule has 5 unspecified atom stereocenters. The smallest absolute Gasteiger partial charge is 0.381 e. The van der Waals surface area contributed by atoms with E-state index in [1.54, 1.807) is 0 Å². The Morgan fingerprint density at radius 2 is 2.15 bits per heavy atom. The van der Waals surface area contributed by atoms with Crippen LogP contribution in [-0.2, 0) is 15.7 Å². The Morgan fingerprint density at radius 3 is 2.91 bits per heavy atom. The average Bonchev–Trinajstić information content (AvgIpc) is 3.35. The van der Waals surface area contributed by atoms with Gasteiger partial charge in [-0.3, -0.25) is 9.78 Å². The lowest BCUT2D eigenvalue weighted by Gasteiger charge is -2.34. The minimum atomic E-state index is -4.40. The van der Waals surface area contributed by atoms with Crippen molar-refractivity contribution < 1.29 is 22.7 Å². The zero-order valence-corrected chi connectivity index (χ0v) is 19.9. The van der Waals surface area contributed by atoms with Crippen LogP contribution in [-0.4, -0.2) is 53.7 Å². The molecule has 2 saturated heterocycles. The topological polar surface area (TPSA) is 54.5 Å². The molecule has 3 fully saturated rings. The van der Waals surface area contributed by atoms with Gasteiger partial charge >= 0.3 is 6.18 Å². The molecule has 186 valence electrons. The molecular formula is C26H34F3N3O2. The van der Waals surface area contributed by atoms with Crippen molar-refractivity contribution in [1.82, 2.24) is 15.2 Å². The van der Waals surface area contributed by atoms with E-state index < -0.39 is 11.7 Å². The number of hydrogen-bond donors (Lipinski definition) is 1. The Hall–Kier alpha value is -1.93. The zero-order valence-electron chi connectivity index (χ0n) is 19.9. The van der Waals surface area contributed by atoms with E-state index in [1.807, 2.05) is 11.0 Å². The molecule has 1 aliphatic carbocycles. The molecule has 5 nitrogen and oxygen atoms in total. The van der Waals surface area contributed by atoms with Gasteiger partial charge in [-0.05, 0) is 68.1 Å². The number of amides is 1. The van der Waals surface area contributed by atoms with Crippen LogP contribution in [0.2, 0.25) is 0 Å². The number of pyridine rings is 1. The summed E-state index contributed by atoms with van der Waals surface area (Å²) in [5.74, 6) is 0.888. The van der Waals surface area contributed by atoms with E-state index >= 15 is 0 Å². The SMILES string of the molecule is CCC1COCCC1NC1CC[C@@]2(C1)C(=O)N1CC=C(c3cc(C(F)(F)F)ccn3)CC1C2C. The highest BCUT2D eigenvalue weighted by Crippen LogP contribution is 2.55. The number of ether oxygens (including phenoxy) is 1. The molecule has 1 spiro atoms. The fourth-order valence-corrected chi connectivity index (χ4v) is 6.83. The van der Waals surface area contributed by atoms with Gasteiger partial charge in [-0.1, -0.05) is 19.9 Å². The summed E-state index contributed by atoms with van der Waals surface area (Å²) in [6.07, 6.45) is 4.06. The predicted octanol–water partition coefficient (Wildman–Crippen LogP) is 4.68. The number of alkyl halides is 3. The third-order valence-corrected chi connectivity index (χ3v) is 8.91. The van der Waals surface area contributed by atoms with Gasteiger partial charge in [0.2, 0.25) is 5.91 Å². The average molecular weight is 478 g/mol. The number of rotatable bonds is 4. The second kappa shape index (κ2) is 8.94. The lowest BCUT2D eigenvalue weighted by molar-refractivity contribution is -0.138. The Balaban J connectivity index is 1.30. The van der Waals surface area contributed by atoms with Crippen LogP contribution in [0.25, 0.3) is 5.57 Å². The molecule has 6 atom stereocenters. The second-order valence-corrected chi connectivity index (χ2v) is 10.6. The van der Waals surface area contributed by atoms with Crippen molar-refractivity contribution in [2.75, 3.05) is 19.8 Å². The zero-order chi connectivity index (χ0) is 24.1. The van der Waals surface area contributed by atoms with Crippen molar-refractivity contribution in [3.8, 4) is 0 Å². The number of hydrogen-bond acceptors (Lipinski definition) is 4. The summed E-state index contributed by atoms with van der Waals surface area (Å²) in [7, 11) is 0. The molecule has 5 rings (SSSR count). The quantitative estimate of drug-likeness (QED) is 0.684. The van der Waals surface area contributed by atoms with Crippen LogP contribution in [0, 0.1) is 17.3 Å². The summed E-state index contributed by atoms with van der Waals surface area (Å²) in [4.78, 5) is 19.8. The lowest BCUT2D eigenvalue weighted by Crippen LogP contribution is -2.47. The van der Waals surface area contributed by atoms with Gasteiger partial charge in [0.15, 0.2) is 0 Å². The highest BCUT2D eigenvalue weighted by molar-refractivity contribution is 5.88. The van der Waals surface area contributed by atoms with Crippen LogP contribution in [0.15, 0.2) is 24.4 Å². The molecule has 4 aliphatic rings. The highest BCUT2D eigenvalue weighted by Gasteiger charge is 2.60. The lowest BCUT2D eigenvalue weighted by atomic mass is 9.73. The fourth-order valence-electron chi connectivity index (χ4n) is 6.83. The second-order valence-electron chi connectivity index (χ2n) is 10.6. The van der Waals surface area contributed by atoms with Gasteiger partial charge in [0.1, 0.15) is 0 Å². The number of nitrogens with one attached hydrogen (secondary N) is 1. The van der Waals surface area contributed by atoms with Gasteiger partial charge in [0, 0.05) is 37.5 Å². The number of halogens is 3. The van der Waals surface area contributed by atoms with E-state index in [1.165, 1.54) is 6.20 Å². The van der Waals surface area contributed by atoms with Gasteiger partial charge in [-0.25, -0.2) is 0 Å². The van der Waals surface area contributed by atoms with E-state index in [0.717, 1.165) is 63.0 Å². The summed E-state index contributed by atoms with van der Waals surface area (Å²) in [6, 6.07) is 2.90. The largest absolute Gasteiger partial charge is 0.416 e. The molecule has 0 bridgehead atoms.